The van der Waals surface area contributed by atoms with Crippen LogP contribution in [0.25, 0.3) is 22.3 Å². The van der Waals surface area contributed by atoms with Crippen molar-refractivity contribution < 1.29 is 0 Å². The molecule has 9 heteroatoms. The van der Waals surface area contributed by atoms with Crippen molar-refractivity contribution in [2.45, 2.75) is 52.0 Å². The highest BCUT2D eigenvalue weighted by Gasteiger charge is 2.28. The average Bonchev–Trinajstić information content (AvgIpc) is 3.58. The first kappa shape index (κ1) is 25.2. The van der Waals surface area contributed by atoms with Crippen LogP contribution in [0.4, 0.5) is 0 Å². The number of fused-ring (bicyclic) bond motifs is 1. The minimum atomic E-state index is 0.291. The van der Waals surface area contributed by atoms with Gasteiger partial charge in [0.1, 0.15) is 5.65 Å². The van der Waals surface area contributed by atoms with E-state index in [2.05, 4.69) is 56.4 Å². The van der Waals surface area contributed by atoms with Crippen LogP contribution in [-0.4, -0.2) is 56.2 Å². The third-order valence-corrected chi connectivity index (χ3v) is 7.57. The second kappa shape index (κ2) is 12.2. The normalized spacial score (nSPS) is 18.9. The number of rotatable bonds is 12. The molecule has 1 aliphatic rings. The van der Waals surface area contributed by atoms with Crippen LogP contribution in [0.3, 0.4) is 0 Å². The van der Waals surface area contributed by atoms with Crippen molar-refractivity contribution >= 4 is 34.6 Å². The summed E-state index contributed by atoms with van der Waals surface area (Å²) in [5.74, 6) is 0.684. The highest BCUT2D eigenvalue weighted by molar-refractivity contribution is 7.97. The van der Waals surface area contributed by atoms with Gasteiger partial charge in [0, 0.05) is 41.8 Å². The molecule has 4 rings (SSSR count). The molecule has 0 amide bonds. The number of nitrogens with one attached hydrogen (secondary N) is 2. The molecule has 1 aliphatic carbocycles. The Morgan fingerprint density at radius 1 is 1.26 bits per heavy atom. The van der Waals surface area contributed by atoms with Crippen LogP contribution in [0.5, 0.6) is 0 Å². The molecule has 3 aromatic rings. The summed E-state index contributed by atoms with van der Waals surface area (Å²) in [5.41, 5.74) is 4.37. The monoisotopic (exact) mass is 501 g/mol. The van der Waals surface area contributed by atoms with E-state index in [1.807, 2.05) is 28.8 Å². The maximum Gasteiger partial charge on any atom is 0.224 e. The van der Waals surface area contributed by atoms with Crippen molar-refractivity contribution in [2.24, 2.45) is 5.92 Å². The number of allylic oxidation sites excluding steroid dienone is 1. The van der Waals surface area contributed by atoms with Crippen molar-refractivity contribution in [1.29, 1.82) is 0 Å². The lowest BCUT2D eigenvalue weighted by Crippen LogP contribution is -2.26. The van der Waals surface area contributed by atoms with Gasteiger partial charge in [0.15, 0.2) is 0 Å². The Morgan fingerprint density at radius 2 is 2.12 bits per heavy atom. The summed E-state index contributed by atoms with van der Waals surface area (Å²) >= 11 is 7.76. The zero-order chi connectivity index (χ0) is 23.9. The van der Waals surface area contributed by atoms with E-state index in [1.165, 1.54) is 12.0 Å². The number of hydrogen-bond acceptors (Lipinski definition) is 6. The van der Waals surface area contributed by atoms with Gasteiger partial charge in [-0.15, -0.1) is 0 Å². The predicted octanol–water partition coefficient (Wildman–Crippen LogP) is 5.34. The Kier molecular flexibility index (Phi) is 9.05. The first-order valence-electron chi connectivity index (χ1n) is 12.3. The quantitative estimate of drug-likeness (QED) is 0.198. The van der Waals surface area contributed by atoms with E-state index in [0.717, 1.165) is 74.2 Å². The van der Waals surface area contributed by atoms with Gasteiger partial charge < -0.3 is 15.2 Å². The van der Waals surface area contributed by atoms with E-state index in [9.17, 15) is 0 Å². The van der Waals surface area contributed by atoms with E-state index in [0.29, 0.717) is 17.2 Å². The zero-order valence-electron chi connectivity index (χ0n) is 20.4. The summed E-state index contributed by atoms with van der Waals surface area (Å²) < 4.78 is 4.18. The van der Waals surface area contributed by atoms with Crippen LogP contribution >= 0.6 is 23.5 Å². The highest BCUT2D eigenvalue weighted by Crippen LogP contribution is 2.39. The molecular weight excluding hydrogens is 466 g/mol. The van der Waals surface area contributed by atoms with E-state index in [4.69, 9.17) is 11.6 Å². The fourth-order valence-corrected chi connectivity index (χ4v) is 5.21. The van der Waals surface area contributed by atoms with Crippen molar-refractivity contribution in [2.75, 3.05) is 32.4 Å². The summed E-state index contributed by atoms with van der Waals surface area (Å²) in [6, 6.07) is 2.47. The Hall–Kier alpha value is -1.87. The summed E-state index contributed by atoms with van der Waals surface area (Å²) in [6.45, 7) is 8.58. The molecule has 1 saturated carbocycles. The van der Waals surface area contributed by atoms with Gasteiger partial charge in [0.25, 0.3) is 0 Å². The van der Waals surface area contributed by atoms with Gasteiger partial charge in [-0.1, -0.05) is 11.6 Å². The van der Waals surface area contributed by atoms with E-state index < -0.39 is 0 Å². The molecule has 34 heavy (non-hydrogen) atoms. The number of aromatic nitrogens is 5. The topological polar surface area (TPSA) is 72.6 Å². The molecule has 184 valence electrons. The summed E-state index contributed by atoms with van der Waals surface area (Å²) in [4.78, 5) is 8.85. The maximum absolute atomic E-state index is 6.18. The minimum absolute atomic E-state index is 0.291. The van der Waals surface area contributed by atoms with Crippen LogP contribution in [0, 0.1) is 5.92 Å². The Bertz CT molecular complexity index is 1110. The van der Waals surface area contributed by atoms with Crippen LogP contribution in [0.2, 0.25) is 5.28 Å². The zero-order valence-corrected chi connectivity index (χ0v) is 22.0. The average molecular weight is 502 g/mol. The van der Waals surface area contributed by atoms with Gasteiger partial charge >= 0.3 is 0 Å². The third kappa shape index (κ3) is 6.22. The van der Waals surface area contributed by atoms with Crippen molar-refractivity contribution in [3.8, 4) is 11.3 Å². The number of hydrogen-bond donors (Lipinski definition) is 2. The second-order valence-electron chi connectivity index (χ2n) is 9.14. The molecule has 0 bridgehead atoms. The lowest BCUT2D eigenvalue weighted by molar-refractivity contribution is 0.452. The predicted molar refractivity (Wildman–Crippen MR) is 143 cm³/mol. The van der Waals surface area contributed by atoms with E-state index >= 15 is 0 Å². The molecule has 2 atom stereocenters. The molecule has 0 radical (unpaired) electrons. The molecule has 0 aromatic carbocycles. The molecule has 1 fully saturated rings. The Labute approximate surface area is 211 Å². The molecule has 0 saturated heterocycles. The second-order valence-corrected chi connectivity index (χ2v) is 10.2. The van der Waals surface area contributed by atoms with Gasteiger partial charge in [0.2, 0.25) is 5.28 Å². The fourth-order valence-electron chi connectivity index (χ4n) is 4.73. The van der Waals surface area contributed by atoms with Crippen LogP contribution in [-0.2, 0) is 0 Å². The highest BCUT2D eigenvalue weighted by atomic mass is 35.5. The SMILES string of the molecule is C/C=C(\C)CCNCCCNC[C@@H]1CC[C@H](n2cc(-c3ccn(SC)n3)c3cnc(Cl)nc32)C1. The van der Waals surface area contributed by atoms with Gasteiger partial charge in [-0.2, -0.15) is 10.1 Å². The maximum atomic E-state index is 6.18. The molecule has 0 aliphatic heterocycles. The smallest absolute Gasteiger partial charge is 0.224 e. The fraction of sp³-hybridized carbons (Fsp3) is 0.560. The molecule has 0 spiro atoms. The molecule has 7 nitrogen and oxygen atoms in total. The Balaban J connectivity index is 1.31. The van der Waals surface area contributed by atoms with Gasteiger partial charge in [-0.3, -0.25) is 0 Å². The van der Waals surface area contributed by atoms with Gasteiger partial charge in [0.05, 0.1) is 5.69 Å². The summed E-state index contributed by atoms with van der Waals surface area (Å²) in [7, 11) is 0. The van der Waals surface area contributed by atoms with E-state index in [-0.39, 0.29) is 0 Å². The van der Waals surface area contributed by atoms with Crippen LogP contribution in [0.15, 0.2) is 36.3 Å². The first-order chi connectivity index (χ1) is 16.6. The molecule has 3 aromatic heterocycles. The van der Waals surface area contributed by atoms with Gasteiger partial charge in [-0.25, -0.2) is 9.07 Å². The minimum Gasteiger partial charge on any atom is -0.329 e. The van der Waals surface area contributed by atoms with Crippen LogP contribution in [0.1, 0.15) is 52.0 Å². The largest absolute Gasteiger partial charge is 0.329 e. The number of nitrogens with zero attached hydrogens (tertiary/aromatic N) is 5. The molecule has 3 heterocycles. The van der Waals surface area contributed by atoms with Crippen molar-refractivity contribution in [1.82, 2.24) is 34.4 Å². The van der Waals surface area contributed by atoms with Crippen LogP contribution < -0.4 is 10.6 Å². The lowest BCUT2D eigenvalue weighted by Gasteiger charge is -2.15. The standard InChI is InChI=1S/C25H36ClN7S/c1-4-18(2)8-12-27-10-5-11-28-15-19-6-7-20(14-19)32-17-22(23-9-13-33(31-23)34-3)21-16-29-25(26)30-24(21)32/h4,9,13,16-17,19-20,27-28H,5-8,10-12,14-15H2,1-3H3/b18-4+/t19-,20+/m1/s1. The van der Waals surface area contributed by atoms with E-state index in [1.54, 1.807) is 11.9 Å². The number of halogens is 1. The lowest BCUT2D eigenvalue weighted by atomic mass is 10.1. The Morgan fingerprint density at radius 3 is 2.91 bits per heavy atom. The molecule has 0 unspecified atom stereocenters. The van der Waals surface area contributed by atoms with Crippen molar-refractivity contribution in [3.63, 3.8) is 0 Å². The van der Waals surface area contributed by atoms with Crippen molar-refractivity contribution in [3.05, 3.63) is 41.6 Å². The van der Waals surface area contributed by atoms with Gasteiger partial charge in [-0.05, 0) is 108 Å². The first-order valence-corrected chi connectivity index (χ1v) is 13.8. The molecule has 2 N–H and O–H groups in total. The summed E-state index contributed by atoms with van der Waals surface area (Å²) in [6.07, 6.45) is 16.0. The third-order valence-electron chi connectivity index (χ3n) is 6.81. The summed E-state index contributed by atoms with van der Waals surface area (Å²) in [5, 5.41) is 13.2. The molecular formula is C25H36ClN7S.